The Bertz CT molecular complexity index is 824. The maximum absolute atomic E-state index is 13.1. The summed E-state index contributed by atoms with van der Waals surface area (Å²) in [5, 5.41) is 44.4. The van der Waals surface area contributed by atoms with Crippen LogP contribution in [0.1, 0.15) is 51.4 Å². The third-order valence-corrected chi connectivity index (χ3v) is 5.84. The molecular formula is C22H37N5O10. The van der Waals surface area contributed by atoms with Crippen LogP contribution in [0.4, 0.5) is 0 Å². The largest absolute Gasteiger partial charge is 0.481 e. The van der Waals surface area contributed by atoms with Crippen LogP contribution in [0.5, 0.6) is 0 Å². The number of carbonyl (C=O) groups excluding carboxylic acids is 3. The molecule has 0 aromatic heterocycles. The Morgan fingerprint density at radius 2 is 1.65 bits per heavy atom. The van der Waals surface area contributed by atoms with E-state index in [4.69, 9.17) is 10.8 Å². The van der Waals surface area contributed by atoms with E-state index in [9.17, 15) is 44.1 Å². The van der Waals surface area contributed by atoms with Gasteiger partial charge in [-0.25, -0.2) is 4.79 Å². The molecule has 0 saturated carbocycles. The van der Waals surface area contributed by atoms with Gasteiger partial charge >= 0.3 is 17.9 Å². The van der Waals surface area contributed by atoms with Crippen LogP contribution in [0.15, 0.2) is 0 Å². The number of hydrogen-bond acceptors (Lipinski definition) is 9. The fourth-order valence-corrected chi connectivity index (χ4v) is 3.91. The highest BCUT2D eigenvalue weighted by atomic mass is 16.4. The highest BCUT2D eigenvalue weighted by molar-refractivity contribution is 5.93. The number of nitrogens with zero attached hydrogens (tertiary/aromatic N) is 1. The summed E-state index contributed by atoms with van der Waals surface area (Å²) in [4.78, 5) is 72.7. The van der Waals surface area contributed by atoms with Gasteiger partial charge in [-0.1, -0.05) is 0 Å². The van der Waals surface area contributed by atoms with Crippen LogP contribution in [0, 0.1) is 0 Å². The van der Waals surface area contributed by atoms with Crippen molar-refractivity contribution in [1.82, 2.24) is 20.9 Å². The van der Waals surface area contributed by atoms with E-state index in [-0.39, 0.29) is 32.4 Å². The molecule has 15 nitrogen and oxygen atoms in total. The molecule has 1 heterocycles. The number of aliphatic carboxylic acids is 3. The Labute approximate surface area is 213 Å². The number of rotatable bonds is 18. The average molecular weight is 532 g/mol. The lowest BCUT2D eigenvalue weighted by Crippen LogP contribution is -2.57. The van der Waals surface area contributed by atoms with Gasteiger partial charge in [-0.15, -0.1) is 0 Å². The molecule has 0 aliphatic carbocycles. The van der Waals surface area contributed by atoms with E-state index >= 15 is 0 Å². The van der Waals surface area contributed by atoms with Crippen LogP contribution < -0.4 is 21.7 Å². The van der Waals surface area contributed by atoms with E-state index in [0.717, 1.165) is 0 Å². The Balaban J connectivity index is 2.90. The minimum absolute atomic E-state index is 0.170. The van der Waals surface area contributed by atoms with E-state index in [1.54, 1.807) is 0 Å². The third kappa shape index (κ3) is 11.5. The maximum Gasteiger partial charge on any atom is 0.326 e. The molecule has 3 amide bonds. The molecule has 37 heavy (non-hydrogen) atoms. The molecule has 0 aromatic rings. The molecule has 0 bridgehead atoms. The van der Waals surface area contributed by atoms with Gasteiger partial charge in [-0.2, -0.15) is 0 Å². The molecule has 1 rings (SSSR count). The lowest BCUT2D eigenvalue weighted by atomic mass is 10.1. The summed E-state index contributed by atoms with van der Waals surface area (Å²) in [6.07, 6.45) is 0.547. The van der Waals surface area contributed by atoms with Crippen molar-refractivity contribution in [1.29, 1.82) is 0 Å². The van der Waals surface area contributed by atoms with Crippen molar-refractivity contribution in [3.05, 3.63) is 0 Å². The second-order valence-corrected chi connectivity index (χ2v) is 8.77. The van der Waals surface area contributed by atoms with E-state index < -0.39 is 79.2 Å². The van der Waals surface area contributed by atoms with Gasteiger partial charge in [0.25, 0.3) is 0 Å². The molecule has 4 unspecified atom stereocenters. The molecule has 1 aliphatic heterocycles. The fraction of sp³-hybridized carbons (Fsp3) is 0.727. The number of carboxylic acids is 3. The molecule has 15 heteroatoms. The van der Waals surface area contributed by atoms with E-state index in [1.165, 1.54) is 4.90 Å². The number of nitrogens with two attached hydrogens (primary N) is 1. The zero-order valence-corrected chi connectivity index (χ0v) is 20.6. The normalized spacial score (nSPS) is 17.5. The first-order chi connectivity index (χ1) is 17.5. The summed E-state index contributed by atoms with van der Waals surface area (Å²) >= 11 is 0. The van der Waals surface area contributed by atoms with Gasteiger partial charge < -0.3 is 47.0 Å². The zero-order valence-electron chi connectivity index (χ0n) is 20.6. The van der Waals surface area contributed by atoms with Crippen LogP contribution in [-0.2, 0) is 28.8 Å². The number of unbranched alkanes of at least 4 members (excludes halogenated alkanes) is 1. The second kappa shape index (κ2) is 16.4. The number of aliphatic hydroxyl groups excluding tert-OH is 1. The number of aliphatic hydroxyl groups is 1. The Morgan fingerprint density at radius 3 is 2.22 bits per heavy atom. The molecule has 1 saturated heterocycles. The number of likely N-dealkylation sites (tertiary alicyclic amines) is 1. The van der Waals surface area contributed by atoms with E-state index in [2.05, 4.69) is 16.0 Å². The standard InChI is InChI=1S/C22H37N5O10/c23-8-2-1-4-14(21(35)27-9-3-5-16(27)22(36)37)26-20(34)15(10-19(32)33)24-11-13(12-28)25-17(29)6-7-18(30)31/h13-16,24,28H,1-12,23H2,(H,25,29)(H,26,34)(H,30,31)(H,32,33)(H,36,37). The molecule has 9 N–H and O–H groups in total. The van der Waals surface area contributed by atoms with Crippen molar-refractivity contribution in [3.63, 3.8) is 0 Å². The van der Waals surface area contributed by atoms with Crippen molar-refractivity contribution in [3.8, 4) is 0 Å². The summed E-state index contributed by atoms with van der Waals surface area (Å²) in [6, 6.07) is -4.39. The van der Waals surface area contributed by atoms with Crippen LogP contribution in [0.3, 0.4) is 0 Å². The Morgan fingerprint density at radius 1 is 0.946 bits per heavy atom. The zero-order chi connectivity index (χ0) is 28.0. The molecule has 210 valence electrons. The van der Waals surface area contributed by atoms with Gasteiger partial charge in [-0.3, -0.25) is 24.0 Å². The van der Waals surface area contributed by atoms with Crippen LogP contribution in [0.25, 0.3) is 0 Å². The van der Waals surface area contributed by atoms with Crippen LogP contribution >= 0.6 is 0 Å². The van der Waals surface area contributed by atoms with Gasteiger partial charge in [0.2, 0.25) is 17.7 Å². The molecule has 1 aliphatic rings. The highest BCUT2D eigenvalue weighted by Crippen LogP contribution is 2.20. The quantitative estimate of drug-likeness (QED) is 0.0851. The van der Waals surface area contributed by atoms with Crippen molar-refractivity contribution >= 4 is 35.6 Å². The molecular weight excluding hydrogens is 494 g/mol. The summed E-state index contributed by atoms with van der Waals surface area (Å²) < 4.78 is 0. The summed E-state index contributed by atoms with van der Waals surface area (Å²) in [5.74, 6) is -5.70. The van der Waals surface area contributed by atoms with Crippen molar-refractivity contribution in [2.24, 2.45) is 5.73 Å². The maximum atomic E-state index is 13.1. The first-order valence-electron chi connectivity index (χ1n) is 12.1. The predicted octanol–water partition coefficient (Wildman–Crippen LogP) is -2.55. The lowest BCUT2D eigenvalue weighted by Gasteiger charge is -2.29. The summed E-state index contributed by atoms with van der Waals surface area (Å²) in [5.41, 5.74) is 5.51. The number of nitrogens with one attached hydrogen (secondary N) is 3. The van der Waals surface area contributed by atoms with E-state index in [0.29, 0.717) is 25.8 Å². The molecule has 0 spiro atoms. The topological polar surface area (TPSA) is 249 Å². The Kier molecular flexibility index (Phi) is 14.1. The number of carbonyl (C=O) groups is 6. The first kappa shape index (κ1) is 31.7. The number of hydrogen-bond donors (Lipinski definition) is 8. The molecule has 0 aromatic carbocycles. The summed E-state index contributed by atoms with van der Waals surface area (Å²) in [6.45, 7) is -0.228. The number of carboxylic acid groups (broad SMARTS) is 3. The van der Waals surface area contributed by atoms with Gasteiger partial charge in [0.05, 0.1) is 31.5 Å². The smallest absolute Gasteiger partial charge is 0.326 e. The highest BCUT2D eigenvalue weighted by Gasteiger charge is 2.38. The molecule has 1 fully saturated rings. The Hall–Kier alpha value is -3.30. The monoisotopic (exact) mass is 531 g/mol. The lowest BCUT2D eigenvalue weighted by molar-refractivity contribution is -0.149. The minimum Gasteiger partial charge on any atom is -0.481 e. The minimum atomic E-state index is -1.35. The molecule has 4 atom stereocenters. The fourth-order valence-electron chi connectivity index (χ4n) is 3.91. The van der Waals surface area contributed by atoms with Gasteiger partial charge in [0, 0.05) is 19.5 Å². The second-order valence-electron chi connectivity index (χ2n) is 8.77. The molecule has 0 radical (unpaired) electrons. The average Bonchev–Trinajstić information content (AvgIpc) is 3.33. The van der Waals surface area contributed by atoms with Gasteiger partial charge in [0.1, 0.15) is 12.1 Å². The predicted molar refractivity (Wildman–Crippen MR) is 127 cm³/mol. The van der Waals surface area contributed by atoms with E-state index in [1.807, 2.05) is 0 Å². The number of amides is 3. The summed E-state index contributed by atoms with van der Waals surface area (Å²) in [7, 11) is 0. The van der Waals surface area contributed by atoms with Crippen molar-refractivity contribution in [2.75, 3.05) is 26.2 Å². The third-order valence-electron chi connectivity index (χ3n) is 5.84. The van der Waals surface area contributed by atoms with Crippen LogP contribution in [0.2, 0.25) is 0 Å². The van der Waals surface area contributed by atoms with Gasteiger partial charge in [0.15, 0.2) is 0 Å². The van der Waals surface area contributed by atoms with Crippen LogP contribution in [-0.4, -0.2) is 111 Å². The first-order valence-corrected chi connectivity index (χ1v) is 12.1. The SMILES string of the molecule is NCCCCC(NC(=O)C(CC(=O)O)NCC(CO)NC(=O)CCC(=O)O)C(=O)N1CCCC1C(=O)O. The van der Waals surface area contributed by atoms with Gasteiger partial charge in [-0.05, 0) is 38.6 Å². The van der Waals surface area contributed by atoms with Crippen molar-refractivity contribution in [2.45, 2.75) is 75.5 Å². The van der Waals surface area contributed by atoms with Crippen molar-refractivity contribution < 1.29 is 49.2 Å².